The van der Waals surface area contributed by atoms with Crippen LogP contribution in [0.25, 0.3) is 0 Å². The van der Waals surface area contributed by atoms with Crippen molar-refractivity contribution in [3.63, 3.8) is 0 Å². The lowest BCUT2D eigenvalue weighted by atomic mass is 10.2. The van der Waals surface area contributed by atoms with Gasteiger partial charge >= 0.3 is 11.8 Å². The third kappa shape index (κ3) is 4.51. The van der Waals surface area contributed by atoms with Gasteiger partial charge in [-0.15, -0.1) is 11.3 Å². The zero-order chi connectivity index (χ0) is 17.0. The van der Waals surface area contributed by atoms with Crippen molar-refractivity contribution in [1.29, 1.82) is 0 Å². The molecule has 0 radical (unpaired) electrons. The molecule has 0 unspecified atom stereocenters. The summed E-state index contributed by atoms with van der Waals surface area (Å²) in [6.07, 6.45) is -0.882. The van der Waals surface area contributed by atoms with Crippen molar-refractivity contribution in [2.45, 2.75) is 13.0 Å². The summed E-state index contributed by atoms with van der Waals surface area (Å²) in [7, 11) is 0. The topological polar surface area (TPSA) is 78.4 Å². The molecule has 2 amide bonds. The molecule has 0 spiro atoms. The average Bonchev–Trinajstić information content (AvgIpc) is 2.94. The van der Waals surface area contributed by atoms with Crippen molar-refractivity contribution in [3.8, 4) is 0 Å². The zero-order valence-corrected chi connectivity index (χ0v) is 13.7. The van der Waals surface area contributed by atoms with E-state index in [-0.39, 0.29) is 17.3 Å². The Labute approximate surface area is 141 Å². The Morgan fingerprint density at radius 1 is 1.35 bits per heavy atom. The van der Waals surface area contributed by atoms with E-state index in [9.17, 15) is 19.1 Å². The van der Waals surface area contributed by atoms with Crippen molar-refractivity contribution in [2.24, 2.45) is 0 Å². The van der Waals surface area contributed by atoms with E-state index in [0.717, 1.165) is 16.5 Å². The first-order valence-corrected chi connectivity index (χ1v) is 7.90. The van der Waals surface area contributed by atoms with Gasteiger partial charge in [0.05, 0.1) is 5.02 Å². The number of hydrogen-bond donors (Lipinski definition) is 3. The molecular formula is C15H14ClFN2O3S. The Kier molecular flexibility index (Phi) is 5.70. The van der Waals surface area contributed by atoms with E-state index in [2.05, 4.69) is 10.6 Å². The third-order valence-electron chi connectivity index (χ3n) is 3.04. The summed E-state index contributed by atoms with van der Waals surface area (Å²) in [6.45, 7) is 1.76. The summed E-state index contributed by atoms with van der Waals surface area (Å²) < 4.78 is 13.0. The van der Waals surface area contributed by atoms with Crippen molar-refractivity contribution in [1.82, 2.24) is 5.32 Å². The summed E-state index contributed by atoms with van der Waals surface area (Å²) in [6, 6.07) is 5.43. The van der Waals surface area contributed by atoms with E-state index in [1.54, 1.807) is 0 Å². The molecular weight excluding hydrogens is 343 g/mol. The van der Waals surface area contributed by atoms with Gasteiger partial charge in [0.2, 0.25) is 0 Å². The summed E-state index contributed by atoms with van der Waals surface area (Å²) in [4.78, 5) is 24.2. The lowest BCUT2D eigenvalue weighted by molar-refractivity contribution is -0.136. The molecule has 0 fully saturated rings. The highest BCUT2D eigenvalue weighted by Gasteiger charge is 2.18. The number of carbonyl (C=O) groups excluding carboxylic acids is 2. The number of aliphatic hydroxyl groups is 1. The van der Waals surface area contributed by atoms with E-state index < -0.39 is 23.7 Å². The number of thiophene rings is 1. The summed E-state index contributed by atoms with van der Waals surface area (Å²) in [5.74, 6) is -2.45. The van der Waals surface area contributed by atoms with Crippen molar-refractivity contribution < 1.29 is 19.1 Å². The maximum atomic E-state index is 13.0. The number of rotatable bonds is 4. The number of aliphatic hydroxyl groups excluding tert-OH is 1. The summed E-state index contributed by atoms with van der Waals surface area (Å²) in [5.41, 5.74) is 1.12. The number of amides is 2. The van der Waals surface area contributed by atoms with Crippen LogP contribution in [-0.4, -0.2) is 23.5 Å². The lowest BCUT2D eigenvalue weighted by Gasteiger charge is -2.11. The van der Waals surface area contributed by atoms with E-state index in [4.69, 9.17) is 11.6 Å². The number of benzene rings is 1. The van der Waals surface area contributed by atoms with Crippen molar-refractivity contribution >= 4 is 40.4 Å². The normalized spacial score (nSPS) is 11.8. The molecule has 122 valence electrons. The van der Waals surface area contributed by atoms with Crippen LogP contribution in [0.1, 0.15) is 16.5 Å². The number of hydrogen-bond acceptors (Lipinski definition) is 4. The second-order valence-corrected chi connectivity index (χ2v) is 6.13. The molecule has 2 rings (SSSR count). The quantitative estimate of drug-likeness (QED) is 0.737. The maximum Gasteiger partial charge on any atom is 0.313 e. The fourth-order valence-corrected chi connectivity index (χ4v) is 2.94. The van der Waals surface area contributed by atoms with Crippen LogP contribution in [0.3, 0.4) is 0 Å². The first-order valence-electron chi connectivity index (χ1n) is 6.64. The predicted octanol–water partition coefficient (Wildman–Crippen LogP) is 2.64. The van der Waals surface area contributed by atoms with Gasteiger partial charge in [0.1, 0.15) is 11.9 Å². The van der Waals surface area contributed by atoms with Gasteiger partial charge < -0.3 is 15.7 Å². The SMILES string of the molecule is Cc1ccsc1[C@H](O)CNC(=O)C(=O)Nc1ccc(F)c(Cl)c1. The molecule has 0 saturated heterocycles. The highest BCUT2D eigenvalue weighted by atomic mass is 35.5. The molecule has 1 aromatic carbocycles. The smallest absolute Gasteiger partial charge is 0.313 e. The minimum Gasteiger partial charge on any atom is -0.386 e. The van der Waals surface area contributed by atoms with Crippen LogP contribution < -0.4 is 10.6 Å². The Hall–Kier alpha value is -1.96. The number of halogens is 2. The van der Waals surface area contributed by atoms with Crippen LogP contribution in [0.5, 0.6) is 0 Å². The standard InChI is InChI=1S/C15H14ClFN2O3S/c1-8-4-5-23-13(8)12(20)7-18-14(21)15(22)19-9-2-3-11(17)10(16)6-9/h2-6,12,20H,7H2,1H3,(H,18,21)(H,19,22)/t12-/m1/s1. The minimum atomic E-state index is -0.928. The van der Waals surface area contributed by atoms with E-state index in [1.807, 2.05) is 18.4 Å². The molecule has 0 aliphatic heterocycles. The molecule has 23 heavy (non-hydrogen) atoms. The number of aryl methyl sites for hydroxylation is 1. The van der Waals surface area contributed by atoms with Gasteiger partial charge in [0, 0.05) is 17.1 Å². The van der Waals surface area contributed by atoms with Crippen LogP contribution in [-0.2, 0) is 9.59 Å². The molecule has 1 aromatic heterocycles. The molecule has 2 aromatic rings. The van der Waals surface area contributed by atoms with Crippen molar-refractivity contribution in [3.05, 3.63) is 50.9 Å². The molecule has 0 aliphatic carbocycles. The molecule has 0 bridgehead atoms. The van der Waals surface area contributed by atoms with Gasteiger partial charge in [-0.1, -0.05) is 11.6 Å². The van der Waals surface area contributed by atoms with E-state index in [0.29, 0.717) is 0 Å². The van der Waals surface area contributed by atoms with Crippen LogP contribution in [0.2, 0.25) is 5.02 Å². The van der Waals surface area contributed by atoms with E-state index in [1.165, 1.54) is 23.5 Å². The molecule has 0 aliphatic rings. The van der Waals surface area contributed by atoms with Crippen LogP contribution in [0.4, 0.5) is 10.1 Å². The largest absolute Gasteiger partial charge is 0.386 e. The Morgan fingerprint density at radius 3 is 2.70 bits per heavy atom. The second kappa shape index (κ2) is 7.54. The van der Waals surface area contributed by atoms with Gasteiger partial charge in [-0.3, -0.25) is 9.59 Å². The maximum absolute atomic E-state index is 13.0. The number of anilines is 1. The molecule has 1 atom stereocenters. The van der Waals surface area contributed by atoms with Gasteiger partial charge in [-0.05, 0) is 42.1 Å². The molecule has 8 heteroatoms. The van der Waals surface area contributed by atoms with Crippen LogP contribution in [0, 0.1) is 12.7 Å². The Morgan fingerprint density at radius 2 is 2.09 bits per heavy atom. The van der Waals surface area contributed by atoms with Gasteiger partial charge in [0.15, 0.2) is 0 Å². The molecule has 1 heterocycles. The average molecular weight is 357 g/mol. The summed E-state index contributed by atoms with van der Waals surface area (Å²) >= 11 is 6.96. The van der Waals surface area contributed by atoms with Gasteiger partial charge in [0.25, 0.3) is 0 Å². The summed E-state index contributed by atoms with van der Waals surface area (Å²) in [5, 5.41) is 16.3. The minimum absolute atomic E-state index is 0.0855. The number of nitrogens with one attached hydrogen (secondary N) is 2. The highest BCUT2D eigenvalue weighted by Crippen LogP contribution is 2.23. The van der Waals surface area contributed by atoms with E-state index >= 15 is 0 Å². The highest BCUT2D eigenvalue weighted by molar-refractivity contribution is 7.10. The molecule has 3 N–H and O–H groups in total. The van der Waals surface area contributed by atoms with Crippen LogP contribution >= 0.6 is 22.9 Å². The van der Waals surface area contributed by atoms with Gasteiger partial charge in [-0.2, -0.15) is 0 Å². The molecule has 0 saturated carbocycles. The number of carbonyl (C=O) groups is 2. The van der Waals surface area contributed by atoms with Crippen molar-refractivity contribution in [2.75, 3.05) is 11.9 Å². The predicted molar refractivity (Wildman–Crippen MR) is 87.1 cm³/mol. The Balaban J connectivity index is 1.89. The fourth-order valence-electron chi connectivity index (χ4n) is 1.85. The van der Waals surface area contributed by atoms with Crippen LogP contribution in [0.15, 0.2) is 29.6 Å². The molecule has 5 nitrogen and oxygen atoms in total. The monoisotopic (exact) mass is 356 g/mol. The zero-order valence-electron chi connectivity index (χ0n) is 12.1. The lowest BCUT2D eigenvalue weighted by Crippen LogP contribution is -2.37. The first-order chi connectivity index (χ1) is 10.9. The fraction of sp³-hybridized carbons (Fsp3) is 0.200. The third-order valence-corrected chi connectivity index (χ3v) is 4.45. The Bertz CT molecular complexity index is 735. The van der Waals surface area contributed by atoms with Gasteiger partial charge in [-0.25, -0.2) is 4.39 Å². The first kappa shape index (κ1) is 17.4. The second-order valence-electron chi connectivity index (χ2n) is 4.78.